The summed E-state index contributed by atoms with van der Waals surface area (Å²) in [5.41, 5.74) is 2.73. The largest absolute Gasteiger partial charge is 0.364 e. The molecular weight excluding hydrogens is 230 g/mol. The fourth-order valence-electron chi connectivity index (χ4n) is 1.79. The summed E-state index contributed by atoms with van der Waals surface area (Å²) < 4.78 is 0.329. The molecule has 0 aromatic carbocycles. The van der Waals surface area contributed by atoms with Gasteiger partial charge in [0.15, 0.2) is 0 Å². The van der Waals surface area contributed by atoms with Crippen LogP contribution in [-0.4, -0.2) is 26.8 Å². The summed E-state index contributed by atoms with van der Waals surface area (Å²) >= 11 is 8.61. The van der Waals surface area contributed by atoms with E-state index < -0.39 is 0 Å². The zero-order valence-corrected chi connectivity index (χ0v) is 9.75. The molecular formula is C9H11N3OS2. The predicted molar refractivity (Wildman–Crippen MR) is 64.5 cm³/mol. The minimum Gasteiger partial charge on any atom is -0.364 e. The van der Waals surface area contributed by atoms with E-state index in [1.807, 2.05) is 0 Å². The fourth-order valence-corrected chi connectivity index (χ4v) is 1.94. The van der Waals surface area contributed by atoms with E-state index >= 15 is 0 Å². The first-order valence-corrected chi connectivity index (χ1v) is 5.60. The summed E-state index contributed by atoms with van der Waals surface area (Å²) in [4.78, 5) is 11.7. The molecule has 1 heterocycles. The highest BCUT2D eigenvalue weighted by Gasteiger charge is 2.22. The Bertz CT molecular complexity index is 413. The van der Waals surface area contributed by atoms with Crippen LogP contribution in [0.5, 0.6) is 0 Å². The number of thiocarbonyl (C=S) groups is 1. The van der Waals surface area contributed by atoms with E-state index in [2.05, 4.69) is 28.1 Å². The quantitative estimate of drug-likeness (QED) is 0.418. The molecule has 2 N–H and O–H groups in total. The van der Waals surface area contributed by atoms with Gasteiger partial charge in [-0.1, -0.05) is 12.2 Å². The van der Waals surface area contributed by atoms with E-state index in [9.17, 15) is 4.79 Å². The number of carbonyl (C=O) groups excluding carboxylic acids is 1. The molecule has 0 unspecified atom stereocenters. The highest BCUT2D eigenvalue weighted by Crippen LogP contribution is 2.22. The predicted octanol–water partition coefficient (Wildman–Crippen LogP) is 0.885. The third kappa shape index (κ3) is 2.21. The van der Waals surface area contributed by atoms with E-state index in [1.165, 1.54) is 0 Å². The van der Waals surface area contributed by atoms with E-state index in [0.717, 1.165) is 30.5 Å². The second-order valence-corrected chi connectivity index (χ2v) is 4.62. The molecule has 1 aliphatic rings. The average Bonchev–Trinajstić information content (AvgIpc) is 2.74. The molecule has 0 aliphatic heterocycles. The van der Waals surface area contributed by atoms with Crippen LogP contribution >= 0.6 is 24.8 Å². The highest BCUT2D eigenvalue weighted by molar-refractivity contribution is 8.11. The van der Waals surface area contributed by atoms with E-state index in [4.69, 9.17) is 12.2 Å². The van der Waals surface area contributed by atoms with Crippen molar-refractivity contribution in [1.29, 1.82) is 0 Å². The first kappa shape index (κ1) is 10.6. The third-order valence-electron chi connectivity index (χ3n) is 2.47. The zero-order valence-electron chi connectivity index (χ0n) is 8.04. The zero-order chi connectivity index (χ0) is 10.8. The number of hydrogen-bond donors (Lipinski definition) is 3. The lowest BCUT2D eigenvalue weighted by Crippen LogP contribution is -2.25. The number of carbonyl (C=O) groups is 1. The second-order valence-electron chi connectivity index (χ2n) is 3.46. The molecule has 1 aromatic rings. The van der Waals surface area contributed by atoms with Crippen molar-refractivity contribution < 1.29 is 4.79 Å². The van der Waals surface area contributed by atoms with Crippen molar-refractivity contribution >= 4 is 35.0 Å². The van der Waals surface area contributed by atoms with Crippen molar-refractivity contribution in [3.8, 4) is 0 Å². The van der Waals surface area contributed by atoms with Gasteiger partial charge in [0.05, 0.1) is 6.54 Å². The minimum absolute atomic E-state index is 0.0363. The van der Waals surface area contributed by atoms with Crippen LogP contribution in [0.2, 0.25) is 0 Å². The van der Waals surface area contributed by atoms with E-state index in [-0.39, 0.29) is 12.3 Å². The molecule has 4 nitrogen and oxygen atoms in total. The van der Waals surface area contributed by atoms with E-state index in [1.54, 1.807) is 0 Å². The fraction of sp³-hybridized carbons (Fsp3) is 0.444. The molecule has 0 radical (unpaired) electrons. The number of ketones is 1. The lowest BCUT2D eigenvalue weighted by Gasteiger charge is -2.01. The Morgan fingerprint density at radius 2 is 2.40 bits per heavy atom. The van der Waals surface area contributed by atoms with Gasteiger partial charge < -0.3 is 5.32 Å². The summed E-state index contributed by atoms with van der Waals surface area (Å²) in [6, 6.07) is 0. The standard InChI is InChI=1S/C9H11N3OS2/c13-7(4-10-9(14)15)8-5-2-1-3-6(5)11-12-8/h1-4H2,(H,11,12)(H2,10,14,15). The molecule has 1 aromatic heterocycles. The molecule has 80 valence electrons. The monoisotopic (exact) mass is 241 g/mol. The van der Waals surface area contributed by atoms with Gasteiger partial charge in [-0.15, -0.1) is 12.6 Å². The average molecular weight is 241 g/mol. The Labute approximate surface area is 98.2 Å². The summed E-state index contributed by atoms with van der Waals surface area (Å²) in [6.07, 6.45) is 3.04. The summed E-state index contributed by atoms with van der Waals surface area (Å²) in [7, 11) is 0. The van der Waals surface area contributed by atoms with Crippen LogP contribution in [0.25, 0.3) is 0 Å². The molecule has 6 heteroatoms. The third-order valence-corrected chi connectivity index (χ3v) is 2.77. The maximum absolute atomic E-state index is 11.7. The topological polar surface area (TPSA) is 57.8 Å². The minimum atomic E-state index is -0.0363. The first-order valence-electron chi connectivity index (χ1n) is 4.74. The van der Waals surface area contributed by atoms with Gasteiger partial charge in [0.25, 0.3) is 0 Å². The number of thiol groups is 1. The SMILES string of the molecule is O=C(CNC(=S)S)c1n[nH]c2c1CCC2. The van der Waals surface area contributed by atoms with Crippen LogP contribution in [0.15, 0.2) is 0 Å². The lowest BCUT2D eigenvalue weighted by molar-refractivity contribution is 0.0991. The summed E-state index contributed by atoms with van der Waals surface area (Å²) in [5, 5.41) is 9.65. The van der Waals surface area contributed by atoms with Gasteiger partial charge in [0.2, 0.25) is 5.78 Å². The molecule has 0 spiro atoms. The highest BCUT2D eigenvalue weighted by atomic mass is 32.1. The van der Waals surface area contributed by atoms with Gasteiger partial charge in [0, 0.05) is 11.3 Å². The first-order chi connectivity index (χ1) is 7.18. The molecule has 0 fully saturated rings. The maximum atomic E-state index is 11.7. The number of nitrogens with zero attached hydrogens (tertiary/aromatic N) is 1. The smallest absolute Gasteiger partial charge is 0.202 e. The van der Waals surface area contributed by atoms with Gasteiger partial charge in [0.1, 0.15) is 10.0 Å². The number of aromatic amines is 1. The Morgan fingerprint density at radius 3 is 3.13 bits per heavy atom. The number of aromatic nitrogens is 2. The van der Waals surface area contributed by atoms with Crippen molar-refractivity contribution in [2.45, 2.75) is 19.3 Å². The second kappa shape index (κ2) is 4.32. The number of nitrogens with one attached hydrogen (secondary N) is 2. The van der Waals surface area contributed by atoms with Gasteiger partial charge in [-0.25, -0.2) is 0 Å². The van der Waals surface area contributed by atoms with Crippen LogP contribution in [0, 0.1) is 0 Å². The van der Waals surface area contributed by atoms with Crippen LogP contribution in [0.1, 0.15) is 28.2 Å². The number of hydrogen-bond acceptors (Lipinski definition) is 3. The Balaban J connectivity index is 2.09. The molecule has 0 saturated heterocycles. The van der Waals surface area contributed by atoms with Crippen LogP contribution < -0.4 is 5.32 Å². The van der Waals surface area contributed by atoms with Crippen molar-refractivity contribution in [1.82, 2.24) is 15.5 Å². The summed E-state index contributed by atoms with van der Waals surface area (Å²) in [6.45, 7) is 0.166. The summed E-state index contributed by atoms with van der Waals surface area (Å²) in [5.74, 6) is -0.0363. The molecule has 1 aliphatic carbocycles. The molecule has 15 heavy (non-hydrogen) atoms. The van der Waals surface area contributed by atoms with Crippen molar-refractivity contribution in [3.05, 3.63) is 17.0 Å². The van der Waals surface area contributed by atoms with Gasteiger partial charge in [-0.2, -0.15) is 5.10 Å². The number of H-pyrrole nitrogens is 1. The normalized spacial score (nSPS) is 13.7. The molecule has 0 amide bonds. The Kier molecular flexibility index (Phi) is 3.06. The van der Waals surface area contributed by atoms with Crippen LogP contribution in [-0.2, 0) is 12.8 Å². The van der Waals surface area contributed by atoms with E-state index in [0.29, 0.717) is 10.0 Å². The number of Topliss-reactive ketones (excluding diaryl/α,β-unsaturated/α-hetero) is 1. The van der Waals surface area contributed by atoms with Crippen molar-refractivity contribution in [2.75, 3.05) is 6.54 Å². The number of rotatable bonds is 3. The maximum Gasteiger partial charge on any atom is 0.202 e. The van der Waals surface area contributed by atoms with Crippen molar-refractivity contribution in [2.24, 2.45) is 0 Å². The van der Waals surface area contributed by atoms with Crippen LogP contribution in [0.4, 0.5) is 0 Å². The van der Waals surface area contributed by atoms with Gasteiger partial charge in [-0.3, -0.25) is 9.89 Å². The Hall–Kier alpha value is -0.880. The molecule has 0 atom stereocenters. The Morgan fingerprint density at radius 1 is 1.60 bits per heavy atom. The van der Waals surface area contributed by atoms with Gasteiger partial charge in [-0.05, 0) is 19.3 Å². The lowest BCUT2D eigenvalue weighted by atomic mass is 10.1. The van der Waals surface area contributed by atoms with Gasteiger partial charge >= 0.3 is 0 Å². The number of fused-ring (bicyclic) bond motifs is 1. The molecule has 2 rings (SSSR count). The molecule has 0 saturated carbocycles. The molecule has 0 bridgehead atoms. The number of aryl methyl sites for hydroxylation is 1. The van der Waals surface area contributed by atoms with Crippen LogP contribution in [0.3, 0.4) is 0 Å². The van der Waals surface area contributed by atoms with Crippen molar-refractivity contribution in [3.63, 3.8) is 0 Å².